The Kier molecular flexibility index (Phi) is 8.49. The second kappa shape index (κ2) is 13.8. The summed E-state index contributed by atoms with van der Waals surface area (Å²) in [5.41, 5.74) is 11.1. The first-order valence-electron chi connectivity index (χ1n) is 16.7. The van der Waals surface area contributed by atoms with E-state index < -0.39 is 0 Å². The molecule has 8 rings (SSSR count). The summed E-state index contributed by atoms with van der Waals surface area (Å²) < 4.78 is 6.59. The maximum absolute atomic E-state index is 6.59. The molecule has 4 nitrogen and oxygen atoms in total. The van der Waals surface area contributed by atoms with Crippen molar-refractivity contribution in [3.63, 3.8) is 0 Å². The van der Waals surface area contributed by atoms with E-state index in [0.717, 1.165) is 66.4 Å². The van der Waals surface area contributed by atoms with Crippen molar-refractivity contribution in [2.75, 3.05) is 0 Å². The molecular weight excluding hydrogens is 611 g/mol. The van der Waals surface area contributed by atoms with E-state index in [9.17, 15) is 0 Å². The van der Waals surface area contributed by atoms with Crippen LogP contribution in [0.15, 0.2) is 195 Å². The Bertz CT molecular complexity index is 2480. The van der Waals surface area contributed by atoms with Crippen molar-refractivity contribution in [2.45, 2.75) is 6.54 Å². The molecule has 4 heteroatoms. The molecule has 0 aliphatic rings. The lowest BCUT2D eigenvalue weighted by molar-refractivity contribution is 0.670. The van der Waals surface area contributed by atoms with Crippen LogP contribution < -0.4 is 0 Å². The lowest BCUT2D eigenvalue weighted by Gasteiger charge is -2.10. The summed E-state index contributed by atoms with van der Waals surface area (Å²) in [4.78, 5) is 14.7. The Balaban J connectivity index is 1.24. The van der Waals surface area contributed by atoms with Gasteiger partial charge in [-0.1, -0.05) is 158 Å². The average Bonchev–Trinajstić information content (AvgIpc) is 3.59. The number of rotatable bonds is 7. The van der Waals surface area contributed by atoms with Crippen LogP contribution >= 0.6 is 0 Å². The fourth-order valence-electron chi connectivity index (χ4n) is 6.38. The van der Waals surface area contributed by atoms with E-state index in [1.807, 2.05) is 60.7 Å². The van der Waals surface area contributed by atoms with Gasteiger partial charge in [-0.3, -0.25) is 4.99 Å². The van der Waals surface area contributed by atoms with Gasteiger partial charge in [-0.2, -0.15) is 0 Å². The van der Waals surface area contributed by atoms with Crippen LogP contribution in [0.5, 0.6) is 0 Å². The first kappa shape index (κ1) is 30.7. The summed E-state index contributed by atoms with van der Waals surface area (Å²) in [7, 11) is 0. The molecule has 0 unspecified atom stereocenters. The Labute approximate surface area is 291 Å². The Morgan fingerprint density at radius 2 is 1.04 bits per heavy atom. The van der Waals surface area contributed by atoms with Gasteiger partial charge in [0.15, 0.2) is 11.7 Å². The zero-order valence-corrected chi connectivity index (χ0v) is 27.4. The van der Waals surface area contributed by atoms with Crippen LogP contribution in [0.1, 0.15) is 16.7 Å². The highest BCUT2D eigenvalue weighted by Gasteiger charge is 2.19. The van der Waals surface area contributed by atoms with E-state index in [2.05, 4.69) is 127 Å². The molecule has 7 aromatic carbocycles. The third-order valence-electron chi connectivity index (χ3n) is 8.94. The standard InChI is InChI=1S/C46H33N3O/c1-47-46(49-45(48-31-32-13-5-2-6-14-32)38-27-23-36(24-28-38)34-17-9-4-10-18-34)41-30-29-39(44-43(41)40-19-11-12-20-42(40)50-44)37-25-21-35(22-26-37)33-15-7-3-8-16-33/h2-30H,1,31H2/b48-45-,49-46-. The van der Waals surface area contributed by atoms with Gasteiger partial charge in [0.2, 0.25) is 0 Å². The molecule has 1 aromatic heterocycles. The van der Waals surface area contributed by atoms with E-state index in [4.69, 9.17) is 14.4 Å². The maximum Gasteiger partial charge on any atom is 0.161 e. The minimum absolute atomic E-state index is 0.478. The number of benzene rings is 7. The second-order valence-corrected chi connectivity index (χ2v) is 12.1. The zero-order valence-electron chi connectivity index (χ0n) is 27.4. The number of amidine groups is 2. The van der Waals surface area contributed by atoms with E-state index in [1.54, 1.807) is 0 Å². The summed E-state index contributed by atoms with van der Waals surface area (Å²) in [6, 6.07) is 60.2. The van der Waals surface area contributed by atoms with Crippen molar-refractivity contribution >= 4 is 40.3 Å². The first-order valence-corrected chi connectivity index (χ1v) is 16.7. The maximum atomic E-state index is 6.59. The van der Waals surface area contributed by atoms with Gasteiger partial charge in [0.1, 0.15) is 11.2 Å². The number of furan rings is 1. The van der Waals surface area contributed by atoms with Crippen molar-refractivity contribution in [3.05, 3.63) is 193 Å². The molecule has 0 amide bonds. The van der Waals surface area contributed by atoms with Crippen LogP contribution in [0.3, 0.4) is 0 Å². The lowest BCUT2D eigenvalue weighted by atomic mass is 9.96. The van der Waals surface area contributed by atoms with Gasteiger partial charge >= 0.3 is 0 Å². The van der Waals surface area contributed by atoms with Crippen molar-refractivity contribution in [3.8, 4) is 33.4 Å². The highest BCUT2D eigenvalue weighted by atomic mass is 16.3. The highest BCUT2D eigenvalue weighted by molar-refractivity contribution is 6.23. The largest absolute Gasteiger partial charge is 0.455 e. The van der Waals surface area contributed by atoms with Gasteiger partial charge in [0, 0.05) is 27.5 Å². The van der Waals surface area contributed by atoms with Crippen LogP contribution in [0.25, 0.3) is 55.3 Å². The average molecular weight is 644 g/mol. The molecule has 8 aromatic rings. The smallest absolute Gasteiger partial charge is 0.161 e. The number of nitrogens with zero attached hydrogens (tertiary/aromatic N) is 3. The summed E-state index contributed by atoms with van der Waals surface area (Å²) >= 11 is 0. The van der Waals surface area contributed by atoms with E-state index >= 15 is 0 Å². The number of fused-ring (bicyclic) bond motifs is 3. The lowest BCUT2D eigenvalue weighted by Crippen LogP contribution is -2.06. The summed E-state index contributed by atoms with van der Waals surface area (Å²) in [6.45, 7) is 4.46. The number of aliphatic imine (C=N–C) groups is 3. The summed E-state index contributed by atoms with van der Waals surface area (Å²) in [6.07, 6.45) is 0. The first-order chi connectivity index (χ1) is 24.7. The van der Waals surface area contributed by atoms with Gasteiger partial charge in [-0.05, 0) is 58.3 Å². The monoisotopic (exact) mass is 643 g/mol. The number of para-hydroxylation sites is 1. The predicted octanol–water partition coefficient (Wildman–Crippen LogP) is 11.7. The molecule has 0 spiro atoms. The van der Waals surface area contributed by atoms with Crippen LogP contribution in [0.4, 0.5) is 0 Å². The molecule has 0 saturated carbocycles. The molecule has 0 bridgehead atoms. The van der Waals surface area contributed by atoms with Gasteiger partial charge < -0.3 is 4.42 Å². The molecule has 0 fully saturated rings. The topological polar surface area (TPSA) is 50.2 Å². The Hall–Kier alpha value is -6.65. The zero-order chi connectivity index (χ0) is 33.7. The minimum Gasteiger partial charge on any atom is -0.455 e. The molecule has 0 atom stereocenters. The molecule has 0 radical (unpaired) electrons. The van der Waals surface area contributed by atoms with E-state index in [1.165, 1.54) is 5.56 Å². The van der Waals surface area contributed by atoms with Gasteiger partial charge in [-0.25, -0.2) is 9.98 Å². The Morgan fingerprint density at radius 3 is 1.68 bits per heavy atom. The molecule has 0 N–H and O–H groups in total. The molecule has 0 aliphatic heterocycles. The van der Waals surface area contributed by atoms with Gasteiger partial charge in [-0.15, -0.1) is 0 Å². The Morgan fingerprint density at radius 1 is 0.500 bits per heavy atom. The molecule has 0 aliphatic carbocycles. The summed E-state index contributed by atoms with van der Waals surface area (Å²) in [5.74, 6) is 1.06. The van der Waals surface area contributed by atoms with Crippen molar-refractivity contribution < 1.29 is 4.42 Å². The van der Waals surface area contributed by atoms with Crippen LogP contribution in [-0.2, 0) is 6.54 Å². The fraction of sp³-hybridized carbons (Fsp3) is 0.0217. The molecule has 0 saturated heterocycles. The van der Waals surface area contributed by atoms with Crippen molar-refractivity contribution in [1.82, 2.24) is 0 Å². The summed E-state index contributed by atoms with van der Waals surface area (Å²) in [5, 5.41) is 1.94. The van der Waals surface area contributed by atoms with Crippen LogP contribution in [0.2, 0.25) is 0 Å². The SMILES string of the molecule is C=N/C(=N\C(=N/Cc1ccccc1)c1ccc(-c2ccccc2)cc1)c1ccc(-c2ccc(-c3ccccc3)cc2)c2oc3ccccc3c12. The molecular formula is C46H33N3O. The van der Waals surface area contributed by atoms with Gasteiger partial charge in [0.25, 0.3) is 0 Å². The predicted molar refractivity (Wildman–Crippen MR) is 209 cm³/mol. The number of hydrogen-bond acceptors (Lipinski definition) is 2. The quantitative estimate of drug-likeness (QED) is 0.126. The number of hydrogen-bond donors (Lipinski definition) is 0. The van der Waals surface area contributed by atoms with Crippen molar-refractivity contribution in [2.24, 2.45) is 15.0 Å². The third kappa shape index (κ3) is 6.18. The van der Waals surface area contributed by atoms with E-state index in [-0.39, 0.29) is 0 Å². The van der Waals surface area contributed by atoms with Crippen LogP contribution in [0, 0.1) is 0 Å². The van der Waals surface area contributed by atoms with Gasteiger partial charge in [0.05, 0.1) is 6.54 Å². The normalized spacial score (nSPS) is 12.0. The van der Waals surface area contributed by atoms with E-state index in [0.29, 0.717) is 18.2 Å². The third-order valence-corrected chi connectivity index (χ3v) is 8.94. The van der Waals surface area contributed by atoms with Crippen LogP contribution in [-0.4, -0.2) is 18.4 Å². The minimum atomic E-state index is 0.478. The molecule has 1 heterocycles. The highest BCUT2D eigenvalue weighted by Crippen LogP contribution is 2.39. The second-order valence-electron chi connectivity index (χ2n) is 12.1. The molecule has 50 heavy (non-hydrogen) atoms. The van der Waals surface area contributed by atoms with Crippen molar-refractivity contribution in [1.29, 1.82) is 0 Å². The fourth-order valence-corrected chi connectivity index (χ4v) is 6.38. The molecule has 238 valence electrons.